The van der Waals surface area contributed by atoms with E-state index >= 15 is 0 Å². The molecule has 1 unspecified atom stereocenters. The Kier molecular flexibility index (Phi) is 4.41. The van der Waals surface area contributed by atoms with Gasteiger partial charge in [0.1, 0.15) is 0 Å². The molecule has 1 rings (SSSR count). The van der Waals surface area contributed by atoms with Gasteiger partial charge in [0.2, 0.25) is 0 Å². The normalized spacial score (nSPS) is 19.4. The summed E-state index contributed by atoms with van der Waals surface area (Å²) in [6.45, 7) is 6.15. The van der Waals surface area contributed by atoms with Crippen molar-refractivity contribution in [2.75, 3.05) is 19.6 Å². The van der Waals surface area contributed by atoms with Crippen molar-refractivity contribution in [1.82, 2.24) is 10.2 Å². The zero-order valence-corrected chi connectivity index (χ0v) is 9.49. The van der Waals surface area contributed by atoms with E-state index < -0.39 is 0 Å². The summed E-state index contributed by atoms with van der Waals surface area (Å²) in [6, 6.07) is 2.07. The summed E-state index contributed by atoms with van der Waals surface area (Å²) in [5.41, 5.74) is 0. The Labute approximate surface area is 91.2 Å². The Balaban J connectivity index is 2.26. The monoisotopic (exact) mass is 209 g/mol. The van der Waals surface area contributed by atoms with Crippen LogP contribution >= 0.6 is 0 Å². The molecule has 0 spiro atoms. The lowest BCUT2D eigenvalue weighted by atomic mass is 10.00. The van der Waals surface area contributed by atoms with E-state index in [-0.39, 0.29) is 11.9 Å². The molecule has 2 amide bonds. The Hall–Kier alpha value is -1.24. The van der Waals surface area contributed by atoms with Gasteiger partial charge in [0.15, 0.2) is 0 Å². The van der Waals surface area contributed by atoms with E-state index in [1.807, 2.05) is 4.90 Å². The lowest BCUT2D eigenvalue weighted by molar-refractivity contribution is 0.173. The van der Waals surface area contributed by atoms with Crippen LogP contribution in [0.25, 0.3) is 0 Å². The second-order valence-corrected chi connectivity index (χ2v) is 4.39. The summed E-state index contributed by atoms with van der Waals surface area (Å²) in [7, 11) is 0. The maximum absolute atomic E-state index is 11.6. The summed E-state index contributed by atoms with van der Waals surface area (Å²) >= 11 is 0. The predicted molar refractivity (Wildman–Crippen MR) is 58.1 cm³/mol. The highest BCUT2D eigenvalue weighted by atomic mass is 16.2. The number of nitriles is 1. The highest BCUT2D eigenvalue weighted by molar-refractivity contribution is 5.74. The minimum atomic E-state index is -0.113. The molecule has 0 aliphatic carbocycles. The number of hydrogen-bond donors (Lipinski definition) is 1. The highest BCUT2D eigenvalue weighted by Crippen LogP contribution is 2.15. The second kappa shape index (κ2) is 5.59. The van der Waals surface area contributed by atoms with Crippen LogP contribution < -0.4 is 5.32 Å². The van der Waals surface area contributed by atoms with E-state index in [4.69, 9.17) is 5.26 Å². The second-order valence-electron chi connectivity index (χ2n) is 4.39. The zero-order chi connectivity index (χ0) is 11.3. The van der Waals surface area contributed by atoms with E-state index in [9.17, 15) is 4.79 Å². The average Bonchev–Trinajstić information content (AvgIpc) is 2.26. The number of amides is 2. The van der Waals surface area contributed by atoms with Gasteiger partial charge in [0.05, 0.1) is 12.0 Å². The molecule has 0 saturated carbocycles. The topological polar surface area (TPSA) is 56.1 Å². The van der Waals surface area contributed by atoms with Crippen LogP contribution in [0.1, 0.15) is 26.7 Å². The fraction of sp³-hybridized carbons (Fsp3) is 0.818. The number of urea groups is 1. The molecule has 0 aromatic rings. The van der Waals surface area contributed by atoms with Crippen molar-refractivity contribution >= 4 is 6.03 Å². The Bertz CT molecular complexity index is 251. The maximum Gasteiger partial charge on any atom is 0.317 e. The molecule has 1 fully saturated rings. The van der Waals surface area contributed by atoms with Gasteiger partial charge >= 0.3 is 6.03 Å². The average molecular weight is 209 g/mol. The lowest BCUT2D eigenvalue weighted by Crippen LogP contribution is -2.45. The van der Waals surface area contributed by atoms with Crippen molar-refractivity contribution in [2.24, 2.45) is 11.8 Å². The van der Waals surface area contributed by atoms with Crippen LogP contribution in [0.3, 0.4) is 0 Å². The van der Waals surface area contributed by atoms with Gasteiger partial charge in [0.25, 0.3) is 0 Å². The molecule has 0 aromatic heterocycles. The van der Waals surface area contributed by atoms with Crippen LogP contribution in [0.5, 0.6) is 0 Å². The number of piperidine rings is 1. The first-order chi connectivity index (χ1) is 7.13. The largest absolute Gasteiger partial charge is 0.337 e. The first kappa shape index (κ1) is 11.8. The maximum atomic E-state index is 11.6. The van der Waals surface area contributed by atoms with E-state index in [0.29, 0.717) is 6.54 Å². The molecule has 0 aromatic carbocycles. The minimum Gasteiger partial charge on any atom is -0.337 e. The molecule has 84 valence electrons. The summed E-state index contributed by atoms with van der Waals surface area (Å²) < 4.78 is 0. The van der Waals surface area contributed by atoms with E-state index in [0.717, 1.165) is 31.8 Å². The van der Waals surface area contributed by atoms with Crippen LogP contribution in [-0.4, -0.2) is 30.6 Å². The lowest BCUT2D eigenvalue weighted by Gasteiger charge is -2.30. The summed E-state index contributed by atoms with van der Waals surface area (Å²) in [4.78, 5) is 13.5. The van der Waals surface area contributed by atoms with Crippen molar-refractivity contribution in [1.29, 1.82) is 5.26 Å². The van der Waals surface area contributed by atoms with Gasteiger partial charge in [-0.05, 0) is 25.7 Å². The van der Waals surface area contributed by atoms with Crippen LogP contribution in [0.2, 0.25) is 0 Å². The third-order valence-electron chi connectivity index (χ3n) is 2.85. The van der Waals surface area contributed by atoms with E-state index in [1.54, 1.807) is 6.92 Å². The number of nitrogens with zero attached hydrogens (tertiary/aromatic N) is 2. The Morgan fingerprint density at radius 2 is 2.20 bits per heavy atom. The molecule has 1 aliphatic heterocycles. The van der Waals surface area contributed by atoms with E-state index in [1.165, 1.54) is 0 Å². The number of likely N-dealkylation sites (tertiary alicyclic amines) is 1. The van der Waals surface area contributed by atoms with Crippen molar-refractivity contribution in [3.8, 4) is 6.07 Å². The minimum absolute atomic E-state index is 0.0241. The first-order valence-corrected chi connectivity index (χ1v) is 5.56. The SMILES string of the molecule is CC(C#N)CNC(=O)N1CCC(C)CC1. The van der Waals surface area contributed by atoms with Crippen LogP contribution in [0, 0.1) is 23.2 Å². The third kappa shape index (κ3) is 3.78. The number of carbonyl (C=O) groups excluding carboxylic acids is 1. The van der Waals surface area contributed by atoms with Gasteiger partial charge in [-0.25, -0.2) is 4.79 Å². The van der Waals surface area contributed by atoms with Gasteiger partial charge in [0, 0.05) is 19.6 Å². The number of hydrogen-bond acceptors (Lipinski definition) is 2. The molecular formula is C11H19N3O. The van der Waals surface area contributed by atoms with Gasteiger partial charge in [-0.1, -0.05) is 6.92 Å². The van der Waals surface area contributed by atoms with Crippen molar-refractivity contribution in [3.05, 3.63) is 0 Å². The first-order valence-electron chi connectivity index (χ1n) is 5.56. The Morgan fingerprint density at radius 1 is 1.60 bits per heavy atom. The number of rotatable bonds is 2. The quantitative estimate of drug-likeness (QED) is 0.750. The standard InChI is InChI=1S/C11H19N3O/c1-9-3-5-14(6-4-9)11(15)13-8-10(2)7-12/h9-10H,3-6,8H2,1-2H3,(H,13,15). The fourth-order valence-electron chi connectivity index (χ4n) is 1.61. The molecule has 0 radical (unpaired) electrons. The molecule has 1 heterocycles. The highest BCUT2D eigenvalue weighted by Gasteiger charge is 2.19. The Morgan fingerprint density at radius 3 is 2.73 bits per heavy atom. The third-order valence-corrected chi connectivity index (χ3v) is 2.85. The summed E-state index contributed by atoms with van der Waals surface area (Å²) in [6.07, 6.45) is 2.17. The number of carbonyl (C=O) groups is 1. The molecule has 1 saturated heterocycles. The molecule has 1 N–H and O–H groups in total. The number of nitrogens with one attached hydrogen (secondary N) is 1. The van der Waals surface area contributed by atoms with Crippen LogP contribution in [0.15, 0.2) is 0 Å². The van der Waals surface area contributed by atoms with Gasteiger partial charge < -0.3 is 10.2 Å². The summed E-state index contributed by atoms with van der Waals surface area (Å²) in [5, 5.41) is 11.4. The van der Waals surface area contributed by atoms with Crippen molar-refractivity contribution < 1.29 is 4.79 Å². The van der Waals surface area contributed by atoms with Crippen LogP contribution in [-0.2, 0) is 0 Å². The van der Waals surface area contributed by atoms with Gasteiger partial charge in [-0.3, -0.25) is 0 Å². The van der Waals surface area contributed by atoms with E-state index in [2.05, 4.69) is 18.3 Å². The molecule has 1 aliphatic rings. The molecule has 1 atom stereocenters. The van der Waals surface area contributed by atoms with Crippen LogP contribution in [0.4, 0.5) is 4.79 Å². The predicted octanol–water partition coefficient (Wildman–Crippen LogP) is 1.59. The molecule has 4 nitrogen and oxygen atoms in total. The molecular weight excluding hydrogens is 190 g/mol. The molecule has 4 heteroatoms. The molecule has 0 bridgehead atoms. The smallest absolute Gasteiger partial charge is 0.317 e. The van der Waals surface area contributed by atoms with Gasteiger partial charge in [-0.2, -0.15) is 5.26 Å². The van der Waals surface area contributed by atoms with Crippen molar-refractivity contribution in [3.63, 3.8) is 0 Å². The fourth-order valence-corrected chi connectivity index (χ4v) is 1.61. The van der Waals surface area contributed by atoms with Gasteiger partial charge in [-0.15, -0.1) is 0 Å². The van der Waals surface area contributed by atoms with Crippen molar-refractivity contribution in [2.45, 2.75) is 26.7 Å². The zero-order valence-electron chi connectivity index (χ0n) is 9.49. The molecule has 15 heavy (non-hydrogen) atoms. The summed E-state index contributed by atoms with van der Waals surface area (Å²) in [5.74, 6) is 0.616.